The van der Waals surface area contributed by atoms with Gasteiger partial charge in [-0.3, -0.25) is 38.4 Å². The van der Waals surface area contributed by atoms with Gasteiger partial charge in [-0.15, -0.1) is 0 Å². The Hall–Kier alpha value is -2.97. The maximum atomic E-state index is 12.6. The first-order chi connectivity index (χ1) is 58.0. The lowest BCUT2D eigenvalue weighted by Gasteiger charge is -2.31. The zero-order chi connectivity index (χ0) is 93.8. The fourth-order valence-electron chi connectivity index (χ4n) is 12.5. The molecule has 4 aliphatic rings. The third-order valence-electron chi connectivity index (χ3n) is 19.1. The summed E-state index contributed by atoms with van der Waals surface area (Å²) in [7, 11) is 0. The molecule has 37 heteroatoms. The van der Waals surface area contributed by atoms with Crippen LogP contribution in [0.2, 0.25) is 0 Å². The third-order valence-corrected chi connectivity index (χ3v) is 25.0. The van der Waals surface area contributed by atoms with E-state index in [0.29, 0.717) is 37.7 Å². The number of benzene rings is 4. The Kier molecular flexibility index (Phi) is 46.9. The van der Waals surface area contributed by atoms with Crippen LogP contribution >= 0.6 is 181 Å². The molecule has 4 fully saturated rings. The molecule has 29 nitrogen and oxygen atoms in total. The largest absolute Gasteiger partial charge is 0.491 e. The van der Waals surface area contributed by atoms with Crippen molar-refractivity contribution in [2.75, 3.05) is 106 Å². The maximum Gasteiger partial charge on any atom is 0.338 e. The molecular weight excluding hydrogens is 2540 g/mol. The van der Waals surface area contributed by atoms with Gasteiger partial charge in [-0.2, -0.15) is 0 Å². The van der Waals surface area contributed by atoms with Gasteiger partial charge in [-0.1, -0.05) is 0 Å². The first-order valence-corrected chi connectivity index (χ1v) is 49.1. The van der Waals surface area contributed by atoms with E-state index < -0.39 is 104 Å². The van der Waals surface area contributed by atoms with Crippen LogP contribution in [0.15, 0.2) is 72.8 Å². The van der Waals surface area contributed by atoms with Crippen LogP contribution in [0, 0.1) is 71.9 Å². The van der Waals surface area contributed by atoms with Crippen LogP contribution in [-0.2, 0) is 99.9 Å². The van der Waals surface area contributed by atoms with E-state index in [4.69, 9.17) is 75.8 Å². The van der Waals surface area contributed by atoms with Gasteiger partial charge in [0.15, 0.2) is 0 Å². The van der Waals surface area contributed by atoms with Crippen molar-refractivity contribution in [3.8, 4) is 17.2 Å². The van der Waals surface area contributed by atoms with E-state index in [9.17, 15) is 63.6 Å². The molecule has 0 aromatic heterocycles. The van der Waals surface area contributed by atoms with Gasteiger partial charge >= 0.3 is 53.7 Å². The van der Waals surface area contributed by atoms with Gasteiger partial charge in [0, 0.05) is 33.5 Å². The molecule has 4 aromatic carbocycles. The number of aliphatic hydroxyl groups is 4. The molecule has 8 unspecified atom stereocenters. The smallest absolute Gasteiger partial charge is 0.338 e. The van der Waals surface area contributed by atoms with Gasteiger partial charge in [-0.25, -0.2) is 4.79 Å². The van der Waals surface area contributed by atoms with Gasteiger partial charge < -0.3 is 96.2 Å². The molecule has 4 saturated heterocycles. The van der Waals surface area contributed by atoms with E-state index in [1.54, 1.807) is 135 Å². The highest BCUT2D eigenvalue weighted by Crippen LogP contribution is 2.41. The number of rotatable bonds is 47. The summed E-state index contributed by atoms with van der Waals surface area (Å²) in [5, 5.41) is 40.5. The molecule has 4 aromatic rings. The Morgan fingerprint density at radius 3 is 0.808 bits per heavy atom. The highest BCUT2D eigenvalue weighted by Gasteiger charge is 2.46. The number of halogens is 8. The van der Waals surface area contributed by atoms with Gasteiger partial charge in [0.1, 0.15) is 107 Å². The summed E-state index contributed by atoms with van der Waals surface area (Å²) < 4.78 is 93.0. The van der Waals surface area contributed by atoms with E-state index >= 15 is 0 Å². The predicted octanol–water partition coefficient (Wildman–Crippen LogP) is 15.2. The van der Waals surface area contributed by atoms with Crippen LogP contribution in [-0.4, -0.2) is 229 Å². The number of aliphatic hydroxyl groups excluding tert-OH is 4. The molecule has 4 N–H and O–H groups in total. The average Bonchev–Trinajstić information content (AvgIpc) is 1.82. The Bertz CT molecular complexity index is 4010. The summed E-state index contributed by atoms with van der Waals surface area (Å²) in [5.74, 6) is -1.72. The molecule has 0 amide bonds. The first-order valence-electron chi connectivity index (χ1n) is 40.5. The molecule has 0 aliphatic carbocycles. The van der Waals surface area contributed by atoms with E-state index in [1.165, 1.54) is 0 Å². The number of carbonyl (C=O) groups excluding carboxylic acids is 9. The number of esters is 9. The van der Waals surface area contributed by atoms with E-state index in [0.717, 1.165) is 40.1 Å². The molecule has 8 rings (SSSR count). The average molecular weight is 2660 g/mol. The van der Waals surface area contributed by atoms with E-state index in [2.05, 4.69) is 181 Å². The Morgan fingerprint density at radius 1 is 0.312 bits per heavy atom. The molecular formula is C88H118I8O29. The predicted molar refractivity (Wildman–Crippen MR) is 527 cm³/mol. The Labute approximate surface area is 841 Å². The highest BCUT2D eigenvalue weighted by atomic mass is 127. The van der Waals surface area contributed by atoms with Crippen LogP contribution < -0.4 is 14.2 Å². The van der Waals surface area contributed by atoms with Crippen LogP contribution in [0.1, 0.15) is 166 Å². The van der Waals surface area contributed by atoms with Crippen LogP contribution in [0.5, 0.6) is 17.2 Å². The van der Waals surface area contributed by atoms with Crippen molar-refractivity contribution < 1.29 is 139 Å². The minimum absolute atomic E-state index is 0.000661. The molecule has 4 aliphatic heterocycles. The number of epoxide rings is 4. The lowest BCUT2D eigenvalue weighted by atomic mass is 9.75. The zero-order valence-corrected chi connectivity index (χ0v) is 90.6. The first kappa shape index (κ1) is 113. The minimum Gasteiger partial charge on any atom is -0.491 e. The minimum atomic E-state index is -1.16. The van der Waals surface area contributed by atoms with Crippen molar-refractivity contribution >= 4 is 234 Å². The molecule has 0 saturated carbocycles. The normalized spacial score (nSPS) is 17.0. The second-order valence-corrected chi connectivity index (χ2v) is 45.5. The molecule has 8 atom stereocenters. The monoisotopic (exact) mass is 2650 g/mol. The summed E-state index contributed by atoms with van der Waals surface area (Å²) in [6.07, 6.45) is -1.68. The lowest BCUT2D eigenvalue weighted by molar-refractivity contribution is -0.165. The second kappa shape index (κ2) is 52.1. The standard InChI is InChI=1S/2C22H29I3O7.C22H29IO8.C22H31IO7/c2*1-21(2,12-22(3,4)20(28)32-11-15-10-30-15)19(27)29-6-5-14(26)9-31-18-16(24)7-13(23)8-17(18)25;1-21(2,13-22(3,4)20(27)31-12-17-11-28-17)19(26)30-10-16(24)9-29-18(25)14-5-7-15(23)8-6-14;1-21(2,14-22(3,4)20(26)30-13-18-12-29-18)19(25)27-10-9-16(24)11-28-17-7-5-15(23)6-8-17/h2*7-8,14-15,26H,5-6,9-12H2,1-4H3;5-8,16-17,24H,9-13H2,1-4H3;5-8,16,18,24H,9-14H2,1-4H3. The maximum absolute atomic E-state index is 12.6. The van der Waals surface area contributed by atoms with Crippen molar-refractivity contribution in [3.05, 3.63) is 107 Å². The van der Waals surface area contributed by atoms with Crippen molar-refractivity contribution in [2.45, 2.75) is 205 Å². The molecule has 0 bridgehead atoms. The van der Waals surface area contributed by atoms with Crippen molar-refractivity contribution in [1.29, 1.82) is 0 Å². The number of hydrogen-bond donors (Lipinski definition) is 4. The summed E-state index contributed by atoms with van der Waals surface area (Å²) in [4.78, 5) is 112. The van der Waals surface area contributed by atoms with E-state index in [-0.39, 0.29) is 167 Å². The summed E-state index contributed by atoms with van der Waals surface area (Å²) in [6.45, 7) is 31.0. The fourth-order valence-corrected chi connectivity index (χ4v) is 21.0. The summed E-state index contributed by atoms with van der Waals surface area (Å²) in [5.41, 5.74) is -6.68. The quantitative estimate of drug-likeness (QED) is 0.0138. The highest BCUT2D eigenvalue weighted by molar-refractivity contribution is 14.1. The zero-order valence-electron chi connectivity index (χ0n) is 73.3. The van der Waals surface area contributed by atoms with Crippen LogP contribution in [0.25, 0.3) is 0 Å². The Morgan fingerprint density at radius 2 is 0.544 bits per heavy atom. The van der Waals surface area contributed by atoms with E-state index in [1.807, 2.05) is 48.5 Å². The van der Waals surface area contributed by atoms with Gasteiger partial charge in [0.25, 0.3) is 0 Å². The number of ether oxygens (including phenoxy) is 16. The summed E-state index contributed by atoms with van der Waals surface area (Å²) >= 11 is 17.6. The lowest BCUT2D eigenvalue weighted by Crippen LogP contribution is -2.38. The second-order valence-electron chi connectivity index (χ2n) is 35.9. The third kappa shape index (κ3) is 42.9. The molecule has 125 heavy (non-hydrogen) atoms. The SMILES string of the molecule is CC(C)(CC(C)(C)C(=O)OCC1CO1)C(=O)OCC(O)COC(=O)c1ccc(I)cc1.CC(C)(CC(C)(C)C(=O)OCC1CO1)C(=O)OCCC(O)COc1c(I)cc(I)cc1I.CC(C)(CC(C)(C)C(=O)OCC1CO1)C(=O)OCCC(O)COc1c(I)cc(I)cc1I.CC(C)(CC(C)(C)C(=O)OCC1CO1)C(=O)OCCC(O)COc1ccc(I)cc1. The molecule has 0 radical (unpaired) electrons. The van der Waals surface area contributed by atoms with Gasteiger partial charge in [-0.05, 0) is 390 Å². The van der Waals surface area contributed by atoms with Crippen molar-refractivity contribution in [3.63, 3.8) is 0 Å². The number of hydrogen-bond acceptors (Lipinski definition) is 29. The number of carbonyl (C=O) groups is 9. The van der Waals surface area contributed by atoms with Gasteiger partial charge in [0.2, 0.25) is 0 Å². The van der Waals surface area contributed by atoms with Crippen molar-refractivity contribution in [1.82, 2.24) is 0 Å². The molecule has 700 valence electrons. The van der Waals surface area contributed by atoms with Crippen molar-refractivity contribution in [2.24, 2.45) is 43.3 Å². The summed E-state index contributed by atoms with van der Waals surface area (Å²) in [6, 6.07) is 22.3. The molecule has 4 heterocycles. The fraction of sp³-hybridized carbons (Fsp3) is 0.625. The van der Waals surface area contributed by atoms with Gasteiger partial charge in [0.05, 0.1) is 128 Å². The Balaban J connectivity index is 0.000000296. The topological polar surface area (TPSA) is 395 Å². The molecule has 0 spiro atoms. The van der Waals surface area contributed by atoms with Crippen LogP contribution in [0.3, 0.4) is 0 Å². The van der Waals surface area contributed by atoms with Crippen LogP contribution in [0.4, 0.5) is 0 Å².